The van der Waals surface area contributed by atoms with Crippen LogP contribution in [0, 0.1) is 6.92 Å². The number of aryl methyl sites for hydroxylation is 1. The summed E-state index contributed by atoms with van der Waals surface area (Å²) in [5.41, 5.74) is 2.46. The SMILES string of the molecule is CCNC(CSc1ccc(C)cc1)c1ccc(Cl)c(Cl)c1. The molecule has 0 saturated heterocycles. The first kappa shape index (κ1) is 16.7. The normalized spacial score (nSPS) is 12.4. The van der Waals surface area contributed by atoms with E-state index in [1.165, 1.54) is 16.0 Å². The molecule has 0 bridgehead atoms. The van der Waals surface area contributed by atoms with Crippen molar-refractivity contribution in [3.8, 4) is 0 Å². The van der Waals surface area contributed by atoms with Crippen molar-refractivity contribution in [1.82, 2.24) is 5.32 Å². The molecule has 1 N–H and O–H groups in total. The van der Waals surface area contributed by atoms with E-state index < -0.39 is 0 Å². The summed E-state index contributed by atoms with van der Waals surface area (Å²) < 4.78 is 0. The average Bonchev–Trinajstić information content (AvgIpc) is 2.48. The van der Waals surface area contributed by atoms with Gasteiger partial charge in [-0.2, -0.15) is 0 Å². The van der Waals surface area contributed by atoms with Gasteiger partial charge in [-0.1, -0.05) is 53.9 Å². The fraction of sp³-hybridized carbons (Fsp3) is 0.294. The topological polar surface area (TPSA) is 12.0 Å². The van der Waals surface area contributed by atoms with Gasteiger partial charge in [-0.05, 0) is 43.3 Å². The number of hydrogen-bond acceptors (Lipinski definition) is 2. The summed E-state index contributed by atoms with van der Waals surface area (Å²) in [6.07, 6.45) is 0. The lowest BCUT2D eigenvalue weighted by Crippen LogP contribution is -2.22. The van der Waals surface area contributed by atoms with Gasteiger partial charge in [-0.15, -0.1) is 11.8 Å². The van der Waals surface area contributed by atoms with Crippen LogP contribution in [0.25, 0.3) is 0 Å². The van der Waals surface area contributed by atoms with E-state index in [4.69, 9.17) is 23.2 Å². The van der Waals surface area contributed by atoms with Crippen molar-refractivity contribution in [3.05, 3.63) is 63.6 Å². The van der Waals surface area contributed by atoms with Crippen LogP contribution in [-0.4, -0.2) is 12.3 Å². The number of hydrogen-bond donors (Lipinski definition) is 1. The zero-order chi connectivity index (χ0) is 15.2. The third kappa shape index (κ3) is 4.93. The van der Waals surface area contributed by atoms with E-state index in [1.807, 2.05) is 30.0 Å². The number of thioether (sulfide) groups is 1. The molecule has 0 fully saturated rings. The van der Waals surface area contributed by atoms with Gasteiger partial charge in [-0.25, -0.2) is 0 Å². The Kier molecular flexibility index (Phi) is 6.43. The summed E-state index contributed by atoms with van der Waals surface area (Å²) in [6, 6.07) is 14.7. The maximum Gasteiger partial charge on any atom is 0.0595 e. The minimum Gasteiger partial charge on any atom is -0.309 e. The first-order valence-corrected chi connectivity index (χ1v) is 8.72. The van der Waals surface area contributed by atoms with Gasteiger partial charge in [0.15, 0.2) is 0 Å². The van der Waals surface area contributed by atoms with Gasteiger partial charge < -0.3 is 5.32 Å². The van der Waals surface area contributed by atoms with Crippen LogP contribution in [-0.2, 0) is 0 Å². The zero-order valence-corrected chi connectivity index (χ0v) is 14.5. The van der Waals surface area contributed by atoms with Gasteiger partial charge in [0.25, 0.3) is 0 Å². The van der Waals surface area contributed by atoms with Crippen molar-refractivity contribution >= 4 is 35.0 Å². The second-order valence-corrected chi connectivity index (χ2v) is 6.82. The molecule has 21 heavy (non-hydrogen) atoms. The van der Waals surface area contributed by atoms with Crippen molar-refractivity contribution in [3.63, 3.8) is 0 Å². The maximum atomic E-state index is 6.13. The van der Waals surface area contributed by atoms with Crippen LogP contribution < -0.4 is 5.32 Å². The molecule has 0 heterocycles. The molecule has 0 saturated carbocycles. The molecule has 0 aromatic heterocycles. The summed E-state index contributed by atoms with van der Waals surface area (Å²) in [6.45, 7) is 5.13. The molecule has 4 heteroatoms. The Bertz CT molecular complexity index is 584. The van der Waals surface area contributed by atoms with Crippen molar-refractivity contribution in [2.45, 2.75) is 24.8 Å². The molecule has 0 aliphatic rings. The minimum atomic E-state index is 0.260. The van der Waals surface area contributed by atoms with Gasteiger partial charge in [0, 0.05) is 16.7 Å². The number of halogens is 2. The maximum absolute atomic E-state index is 6.13. The second kappa shape index (κ2) is 8.09. The van der Waals surface area contributed by atoms with E-state index in [-0.39, 0.29) is 6.04 Å². The van der Waals surface area contributed by atoms with Crippen LogP contribution >= 0.6 is 35.0 Å². The molecule has 1 unspecified atom stereocenters. The summed E-state index contributed by atoms with van der Waals surface area (Å²) in [5, 5.41) is 4.71. The predicted molar refractivity (Wildman–Crippen MR) is 94.8 cm³/mol. The van der Waals surface area contributed by atoms with Gasteiger partial charge in [0.2, 0.25) is 0 Å². The fourth-order valence-electron chi connectivity index (χ4n) is 2.06. The van der Waals surface area contributed by atoms with Crippen LogP contribution in [0.2, 0.25) is 10.0 Å². The highest BCUT2D eigenvalue weighted by atomic mass is 35.5. The number of nitrogens with one attached hydrogen (secondary N) is 1. The lowest BCUT2D eigenvalue weighted by Gasteiger charge is -2.18. The van der Waals surface area contributed by atoms with E-state index in [2.05, 4.69) is 43.4 Å². The van der Waals surface area contributed by atoms with E-state index in [9.17, 15) is 0 Å². The largest absolute Gasteiger partial charge is 0.309 e. The predicted octanol–water partition coefficient (Wildman–Crippen LogP) is 5.74. The summed E-state index contributed by atoms with van der Waals surface area (Å²) in [4.78, 5) is 1.28. The Balaban J connectivity index is 2.07. The standard InChI is InChI=1S/C17H19Cl2NS/c1-3-20-17(13-6-9-15(18)16(19)10-13)11-21-14-7-4-12(2)5-8-14/h4-10,17,20H,3,11H2,1-2H3. The van der Waals surface area contributed by atoms with E-state index in [0.717, 1.165) is 12.3 Å². The highest BCUT2D eigenvalue weighted by molar-refractivity contribution is 7.99. The Morgan fingerprint density at radius 1 is 1.05 bits per heavy atom. The lowest BCUT2D eigenvalue weighted by molar-refractivity contribution is 0.606. The molecular formula is C17H19Cl2NS. The number of benzene rings is 2. The molecular weight excluding hydrogens is 321 g/mol. The Morgan fingerprint density at radius 3 is 2.38 bits per heavy atom. The highest BCUT2D eigenvalue weighted by Gasteiger charge is 2.12. The molecule has 2 aromatic carbocycles. The zero-order valence-electron chi connectivity index (χ0n) is 12.2. The van der Waals surface area contributed by atoms with Gasteiger partial charge in [-0.3, -0.25) is 0 Å². The molecule has 2 aromatic rings. The Morgan fingerprint density at radius 2 is 1.76 bits per heavy atom. The summed E-state index contributed by atoms with van der Waals surface area (Å²) in [7, 11) is 0. The second-order valence-electron chi connectivity index (χ2n) is 4.91. The molecule has 2 rings (SSSR count). The van der Waals surface area contributed by atoms with Crippen LogP contribution in [0.3, 0.4) is 0 Å². The average molecular weight is 340 g/mol. The van der Waals surface area contributed by atoms with Crippen molar-refractivity contribution < 1.29 is 0 Å². The van der Waals surface area contributed by atoms with Crippen LogP contribution in [0.5, 0.6) is 0 Å². The minimum absolute atomic E-state index is 0.260. The van der Waals surface area contributed by atoms with Crippen LogP contribution in [0.4, 0.5) is 0 Å². The quantitative estimate of drug-likeness (QED) is 0.673. The third-order valence-electron chi connectivity index (χ3n) is 3.23. The van der Waals surface area contributed by atoms with Gasteiger partial charge in [0.05, 0.1) is 10.0 Å². The van der Waals surface area contributed by atoms with Crippen LogP contribution in [0.1, 0.15) is 24.1 Å². The fourth-order valence-corrected chi connectivity index (χ4v) is 3.37. The molecule has 0 aliphatic carbocycles. The number of rotatable bonds is 6. The Hall–Kier alpha value is -0.670. The van der Waals surface area contributed by atoms with Crippen molar-refractivity contribution in [1.29, 1.82) is 0 Å². The van der Waals surface area contributed by atoms with Gasteiger partial charge in [0.1, 0.15) is 0 Å². The monoisotopic (exact) mass is 339 g/mol. The molecule has 0 spiro atoms. The first-order chi connectivity index (χ1) is 10.1. The molecule has 0 aliphatic heterocycles. The molecule has 0 amide bonds. The summed E-state index contributed by atoms with van der Waals surface area (Å²) in [5.74, 6) is 0.953. The van der Waals surface area contributed by atoms with E-state index in [1.54, 1.807) is 0 Å². The van der Waals surface area contributed by atoms with Crippen molar-refractivity contribution in [2.24, 2.45) is 0 Å². The lowest BCUT2D eigenvalue weighted by atomic mass is 10.1. The smallest absolute Gasteiger partial charge is 0.0595 e. The first-order valence-electron chi connectivity index (χ1n) is 6.98. The van der Waals surface area contributed by atoms with E-state index >= 15 is 0 Å². The molecule has 112 valence electrons. The van der Waals surface area contributed by atoms with Crippen LogP contribution in [0.15, 0.2) is 47.4 Å². The molecule has 1 nitrogen and oxygen atoms in total. The highest BCUT2D eigenvalue weighted by Crippen LogP contribution is 2.29. The van der Waals surface area contributed by atoms with Gasteiger partial charge >= 0.3 is 0 Å². The molecule has 0 radical (unpaired) electrons. The Labute approximate surface area is 141 Å². The summed E-state index contributed by atoms with van der Waals surface area (Å²) >= 11 is 14.0. The van der Waals surface area contributed by atoms with Crippen molar-refractivity contribution in [2.75, 3.05) is 12.3 Å². The van der Waals surface area contributed by atoms with E-state index in [0.29, 0.717) is 10.0 Å². The molecule has 1 atom stereocenters. The third-order valence-corrected chi connectivity index (χ3v) is 5.08.